The lowest BCUT2D eigenvalue weighted by Gasteiger charge is -2.12. The number of thiazole rings is 1. The molecule has 0 amide bonds. The van der Waals surface area contributed by atoms with Crippen molar-refractivity contribution in [1.82, 2.24) is 9.38 Å². The molecule has 0 aliphatic heterocycles. The van der Waals surface area contributed by atoms with Crippen LogP contribution in [0.4, 0.5) is 0 Å². The lowest BCUT2D eigenvalue weighted by Crippen LogP contribution is -1.96. The minimum atomic E-state index is 0.372. The van der Waals surface area contributed by atoms with Crippen LogP contribution < -0.4 is 4.74 Å². The molecule has 2 aromatic heterocycles. The Bertz CT molecular complexity index is 776. The molecule has 0 N–H and O–H groups in total. The average Bonchev–Trinajstić information content (AvgIpc) is 2.99. The number of hydrogen-bond donors (Lipinski definition) is 0. The molecule has 104 valence electrons. The minimum absolute atomic E-state index is 0.372. The maximum Gasteiger partial charge on any atom is 0.243 e. The van der Waals surface area contributed by atoms with Crippen LogP contribution >= 0.6 is 22.9 Å². The molecule has 3 rings (SSSR count). The smallest absolute Gasteiger partial charge is 0.243 e. The largest absolute Gasteiger partial charge is 0.437 e. The van der Waals surface area contributed by atoms with Crippen molar-refractivity contribution in [3.05, 3.63) is 46.1 Å². The Morgan fingerprint density at radius 2 is 2.00 bits per heavy atom. The third-order valence-electron chi connectivity index (χ3n) is 3.52. The Kier molecular flexibility index (Phi) is 3.44. The van der Waals surface area contributed by atoms with Gasteiger partial charge in [-0.15, -0.1) is 22.9 Å². The van der Waals surface area contributed by atoms with Crippen LogP contribution in [0.15, 0.2) is 23.7 Å². The van der Waals surface area contributed by atoms with Gasteiger partial charge in [-0.1, -0.05) is 12.1 Å². The topological polar surface area (TPSA) is 26.5 Å². The summed E-state index contributed by atoms with van der Waals surface area (Å²) < 4.78 is 8.06. The summed E-state index contributed by atoms with van der Waals surface area (Å²) in [5, 5.41) is 1.99. The van der Waals surface area contributed by atoms with E-state index in [0.29, 0.717) is 11.8 Å². The van der Waals surface area contributed by atoms with Crippen LogP contribution in [0.5, 0.6) is 11.6 Å². The number of aromatic nitrogens is 2. The Hall–Kier alpha value is -1.52. The molecule has 0 saturated carbocycles. The van der Waals surface area contributed by atoms with Crippen molar-refractivity contribution < 1.29 is 4.74 Å². The van der Waals surface area contributed by atoms with Gasteiger partial charge < -0.3 is 4.74 Å². The highest BCUT2D eigenvalue weighted by molar-refractivity contribution is 7.15. The SMILES string of the molecule is Cc1ccc(C)c(Oc2nc3sccn3c2CCl)c1C. The van der Waals surface area contributed by atoms with E-state index in [4.69, 9.17) is 16.3 Å². The number of halogens is 1. The number of fused-ring (bicyclic) bond motifs is 1. The highest BCUT2D eigenvalue weighted by atomic mass is 35.5. The first kappa shape index (κ1) is 13.5. The zero-order valence-electron chi connectivity index (χ0n) is 11.6. The first-order valence-corrected chi connectivity index (χ1v) is 7.78. The van der Waals surface area contributed by atoms with E-state index in [-0.39, 0.29) is 0 Å². The van der Waals surface area contributed by atoms with E-state index >= 15 is 0 Å². The predicted octanol–water partition coefficient (Wildman–Crippen LogP) is 4.85. The normalized spacial score (nSPS) is 11.2. The van der Waals surface area contributed by atoms with E-state index in [9.17, 15) is 0 Å². The lowest BCUT2D eigenvalue weighted by molar-refractivity contribution is 0.454. The molecule has 20 heavy (non-hydrogen) atoms. The molecule has 3 nitrogen and oxygen atoms in total. The minimum Gasteiger partial charge on any atom is -0.437 e. The Labute approximate surface area is 126 Å². The first-order chi connectivity index (χ1) is 9.61. The zero-order chi connectivity index (χ0) is 14.3. The summed E-state index contributed by atoms with van der Waals surface area (Å²) in [5.74, 6) is 1.85. The van der Waals surface area contributed by atoms with Gasteiger partial charge >= 0.3 is 0 Å². The fourth-order valence-corrected chi connectivity index (χ4v) is 3.16. The number of nitrogens with zero attached hydrogens (tertiary/aromatic N) is 2. The number of alkyl halides is 1. The molecule has 0 aliphatic carbocycles. The number of imidazole rings is 1. The molecule has 1 aromatic carbocycles. The maximum absolute atomic E-state index is 6.08. The van der Waals surface area contributed by atoms with Gasteiger partial charge in [-0.25, -0.2) is 0 Å². The van der Waals surface area contributed by atoms with Gasteiger partial charge in [0.25, 0.3) is 0 Å². The summed E-state index contributed by atoms with van der Waals surface area (Å²) in [7, 11) is 0. The summed E-state index contributed by atoms with van der Waals surface area (Å²) in [6, 6.07) is 4.17. The highest BCUT2D eigenvalue weighted by Gasteiger charge is 2.16. The average molecular weight is 307 g/mol. The molecule has 0 radical (unpaired) electrons. The second kappa shape index (κ2) is 5.11. The van der Waals surface area contributed by atoms with Crippen molar-refractivity contribution in [3.8, 4) is 11.6 Å². The quantitative estimate of drug-likeness (QED) is 0.646. The van der Waals surface area contributed by atoms with Gasteiger partial charge in [-0.05, 0) is 37.5 Å². The Morgan fingerprint density at radius 1 is 1.25 bits per heavy atom. The Balaban J connectivity index is 2.09. The van der Waals surface area contributed by atoms with E-state index in [2.05, 4.69) is 31.0 Å². The van der Waals surface area contributed by atoms with Crippen molar-refractivity contribution >= 4 is 27.9 Å². The fourth-order valence-electron chi connectivity index (χ4n) is 2.20. The van der Waals surface area contributed by atoms with Crippen molar-refractivity contribution in [2.45, 2.75) is 26.7 Å². The molecule has 0 aliphatic rings. The molecule has 5 heteroatoms. The van der Waals surface area contributed by atoms with Crippen LogP contribution in [-0.2, 0) is 5.88 Å². The second-order valence-corrected chi connectivity index (χ2v) is 5.95. The van der Waals surface area contributed by atoms with E-state index in [1.165, 1.54) is 5.56 Å². The number of benzene rings is 1. The third kappa shape index (κ3) is 2.09. The predicted molar refractivity (Wildman–Crippen MR) is 83.4 cm³/mol. The van der Waals surface area contributed by atoms with Gasteiger partial charge in [-0.3, -0.25) is 4.40 Å². The van der Waals surface area contributed by atoms with E-state index in [1.54, 1.807) is 11.3 Å². The standard InChI is InChI=1S/C15H15ClN2OS/c1-9-4-5-10(2)13(11(9)3)19-14-12(8-16)18-6-7-20-15(18)17-14/h4-7H,8H2,1-3H3. The summed E-state index contributed by atoms with van der Waals surface area (Å²) >= 11 is 7.62. The Morgan fingerprint density at radius 3 is 2.75 bits per heavy atom. The summed E-state index contributed by atoms with van der Waals surface area (Å²) in [5.41, 5.74) is 4.34. The van der Waals surface area contributed by atoms with Gasteiger partial charge in [0.05, 0.1) is 5.88 Å². The summed E-state index contributed by atoms with van der Waals surface area (Å²) in [4.78, 5) is 5.43. The molecule has 0 spiro atoms. The molecule has 0 bridgehead atoms. The van der Waals surface area contributed by atoms with Gasteiger partial charge in [-0.2, -0.15) is 4.98 Å². The molecular weight excluding hydrogens is 292 g/mol. The van der Waals surface area contributed by atoms with Crippen LogP contribution in [0.2, 0.25) is 0 Å². The van der Waals surface area contributed by atoms with Gasteiger partial charge in [0.2, 0.25) is 5.88 Å². The molecule has 2 heterocycles. The number of rotatable bonds is 3. The monoisotopic (exact) mass is 306 g/mol. The maximum atomic E-state index is 6.08. The van der Waals surface area contributed by atoms with Crippen molar-refractivity contribution in [1.29, 1.82) is 0 Å². The molecule has 0 unspecified atom stereocenters. The van der Waals surface area contributed by atoms with Crippen molar-refractivity contribution in [2.75, 3.05) is 0 Å². The summed E-state index contributed by atoms with van der Waals surface area (Å²) in [6.45, 7) is 6.19. The molecule has 0 saturated heterocycles. The fraction of sp³-hybridized carbons (Fsp3) is 0.267. The van der Waals surface area contributed by atoms with E-state index in [1.807, 2.05) is 22.9 Å². The number of hydrogen-bond acceptors (Lipinski definition) is 3. The van der Waals surface area contributed by atoms with Crippen LogP contribution in [0.25, 0.3) is 4.96 Å². The van der Waals surface area contributed by atoms with Crippen molar-refractivity contribution in [2.24, 2.45) is 0 Å². The lowest BCUT2D eigenvalue weighted by atomic mass is 10.1. The van der Waals surface area contributed by atoms with Gasteiger partial charge in [0.15, 0.2) is 4.96 Å². The third-order valence-corrected chi connectivity index (χ3v) is 4.53. The first-order valence-electron chi connectivity index (χ1n) is 6.37. The summed E-state index contributed by atoms with van der Waals surface area (Å²) in [6.07, 6.45) is 1.97. The molecule has 3 aromatic rings. The molecular formula is C15H15ClN2OS. The van der Waals surface area contributed by atoms with Crippen LogP contribution in [0, 0.1) is 20.8 Å². The number of ether oxygens (including phenoxy) is 1. The molecule has 0 atom stereocenters. The van der Waals surface area contributed by atoms with Gasteiger partial charge in [0, 0.05) is 11.6 Å². The second-order valence-electron chi connectivity index (χ2n) is 4.81. The number of aryl methyl sites for hydroxylation is 2. The van der Waals surface area contributed by atoms with Crippen LogP contribution in [-0.4, -0.2) is 9.38 Å². The highest BCUT2D eigenvalue weighted by Crippen LogP contribution is 2.33. The van der Waals surface area contributed by atoms with Crippen LogP contribution in [0.1, 0.15) is 22.4 Å². The molecule has 0 fully saturated rings. The van der Waals surface area contributed by atoms with Gasteiger partial charge in [0.1, 0.15) is 11.4 Å². The zero-order valence-corrected chi connectivity index (χ0v) is 13.2. The van der Waals surface area contributed by atoms with Crippen molar-refractivity contribution in [3.63, 3.8) is 0 Å². The van der Waals surface area contributed by atoms with E-state index < -0.39 is 0 Å². The van der Waals surface area contributed by atoms with E-state index in [0.717, 1.165) is 27.5 Å². The van der Waals surface area contributed by atoms with Crippen LogP contribution in [0.3, 0.4) is 0 Å².